The van der Waals surface area contributed by atoms with Gasteiger partial charge in [0.25, 0.3) is 0 Å². The monoisotopic (exact) mass is 300 g/mol. The summed E-state index contributed by atoms with van der Waals surface area (Å²) in [5.74, 6) is -1.81. The first kappa shape index (κ1) is 17.2. The number of nitrogens with zero attached hydrogens (tertiary/aromatic N) is 2. The smallest absolute Gasteiger partial charge is 0.317 e. The van der Waals surface area contributed by atoms with Gasteiger partial charge in [-0.2, -0.15) is 0 Å². The van der Waals surface area contributed by atoms with Crippen LogP contribution in [0.15, 0.2) is 0 Å². The zero-order chi connectivity index (χ0) is 15.8. The van der Waals surface area contributed by atoms with Crippen molar-refractivity contribution in [3.8, 4) is 0 Å². The molecule has 0 aromatic heterocycles. The maximum Gasteiger partial charge on any atom is 0.317 e. The topological polar surface area (TPSA) is 102 Å². The Morgan fingerprint density at radius 2 is 1.95 bits per heavy atom. The third-order valence-electron chi connectivity index (χ3n) is 3.41. The van der Waals surface area contributed by atoms with Gasteiger partial charge >= 0.3 is 12.0 Å². The average molecular weight is 300 g/mol. The lowest BCUT2D eigenvalue weighted by atomic mass is 10.1. The summed E-state index contributed by atoms with van der Waals surface area (Å²) < 4.78 is 0. The van der Waals surface area contributed by atoms with E-state index >= 15 is 0 Å². The highest BCUT2D eigenvalue weighted by Crippen LogP contribution is 2.10. The van der Waals surface area contributed by atoms with E-state index in [4.69, 9.17) is 0 Å². The van der Waals surface area contributed by atoms with Crippen molar-refractivity contribution >= 4 is 17.9 Å². The number of carbonyl (C=O) groups excluding carboxylic acids is 2. The molecule has 3 N–H and O–H groups in total. The number of amides is 3. The van der Waals surface area contributed by atoms with E-state index in [1.807, 2.05) is 6.92 Å². The second-order valence-corrected chi connectivity index (χ2v) is 5.12. The molecule has 0 bridgehead atoms. The summed E-state index contributed by atoms with van der Waals surface area (Å²) >= 11 is 0. The number of urea groups is 1. The number of hydrogen-bond donors (Lipinski definition) is 3. The lowest BCUT2D eigenvalue weighted by Crippen LogP contribution is -2.44. The van der Waals surface area contributed by atoms with Crippen molar-refractivity contribution in [1.29, 1.82) is 0 Å². The third kappa shape index (κ3) is 5.58. The van der Waals surface area contributed by atoms with Crippen molar-refractivity contribution in [3.05, 3.63) is 0 Å². The Morgan fingerprint density at radius 3 is 2.52 bits per heavy atom. The fourth-order valence-electron chi connectivity index (χ4n) is 2.19. The van der Waals surface area contributed by atoms with Crippen molar-refractivity contribution in [2.75, 3.05) is 46.3 Å². The van der Waals surface area contributed by atoms with E-state index in [9.17, 15) is 19.5 Å². The summed E-state index contributed by atoms with van der Waals surface area (Å²) in [4.78, 5) is 38.0. The van der Waals surface area contributed by atoms with Gasteiger partial charge in [0.15, 0.2) is 0 Å². The van der Waals surface area contributed by atoms with E-state index in [0.29, 0.717) is 19.6 Å². The van der Waals surface area contributed by atoms with Crippen molar-refractivity contribution < 1.29 is 19.5 Å². The number of carboxylic acid groups (broad SMARTS) is 1. The van der Waals surface area contributed by atoms with E-state index in [-0.39, 0.29) is 31.6 Å². The van der Waals surface area contributed by atoms with Crippen LogP contribution >= 0.6 is 0 Å². The molecule has 0 aromatic carbocycles. The molecule has 1 aliphatic rings. The molecule has 0 aliphatic carbocycles. The van der Waals surface area contributed by atoms with Gasteiger partial charge in [-0.15, -0.1) is 0 Å². The van der Waals surface area contributed by atoms with Gasteiger partial charge in [-0.25, -0.2) is 4.79 Å². The molecule has 1 unspecified atom stereocenters. The molecule has 120 valence electrons. The first-order chi connectivity index (χ1) is 9.97. The zero-order valence-electron chi connectivity index (χ0n) is 12.6. The van der Waals surface area contributed by atoms with Crippen molar-refractivity contribution in [1.82, 2.24) is 20.4 Å². The summed E-state index contributed by atoms with van der Waals surface area (Å²) in [7, 11) is 1.54. The Balaban J connectivity index is 2.69. The largest absolute Gasteiger partial charge is 0.481 e. The molecule has 3 amide bonds. The van der Waals surface area contributed by atoms with Gasteiger partial charge < -0.3 is 20.6 Å². The number of carbonyl (C=O) groups is 3. The second-order valence-electron chi connectivity index (χ2n) is 5.12. The van der Waals surface area contributed by atoms with Gasteiger partial charge in [-0.05, 0) is 6.42 Å². The highest BCUT2D eigenvalue weighted by Gasteiger charge is 2.30. The lowest BCUT2D eigenvalue weighted by molar-refractivity contribution is -0.142. The quantitative estimate of drug-likeness (QED) is 0.615. The SMILES string of the molecule is CCCNC(=O)N1CCN(CC(=O)NC)CC(C(=O)O)C1. The van der Waals surface area contributed by atoms with Crippen LogP contribution in [0.2, 0.25) is 0 Å². The van der Waals surface area contributed by atoms with Crippen LogP contribution < -0.4 is 10.6 Å². The average Bonchev–Trinajstić information content (AvgIpc) is 2.67. The van der Waals surface area contributed by atoms with E-state index in [0.717, 1.165) is 6.42 Å². The Bertz CT molecular complexity index is 388. The van der Waals surface area contributed by atoms with E-state index in [1.54, 1.807) is 11.9 Å². The molecule has 21 heavy (non-hydrogen) atoms. The van der Waals surface area contributed by atoms with Gasteiger partial charge in [0.05, 0.1) is 12.5 Å². The standard InChI is InChI=1S/C13H24N4O4/c1-3-4-15-13(21)17-6-5-16(9-11(18)14-2)7-10(8-17)12(19)20/h10H,3-9H2,1-2H3,(H,14,18)(H,15,21)(H,19,20). The predicted octanol–water partition coefficient (Wildman–Crippen LogP) is -0.830. The molecule has 0 aromatic rings. The molecular weight excluding hydrogens is 276 g/mol. The van der Waals surface area contributed by atoms with Gasteiger partial charge in [-0.3, -0.25) is 14.5 Å². The van der Waals surface area contributed by atoms with Gasteiger partial charge in [-0.1, -0.05) is 6.92 Å². The summed E-state index contributed by atoms with van der Waals surface area (Å²) in [6.45, 7) is 3.98. The number of nitrogens with one attached hydrogen (secondary N) is 2. The van der Waals surface area contributed by atoms with Crippen LogP contribution in [0.3, 0.4) is 0 Å². The van der Waals surface area contributed by atoms with Crippen LogP contribution in [0.4, 0.5) is 4.79 Å². The summed E-state index contributed by atoms with van der Waals surface area (Å²) in [5, 5.41) is 14.5. The second kappa shape index (κ2) is 8.46. The van der Waals surface area contributed by atoms with Crippen molar-refractivity contribution in [2.24, 2.45) is 5.92 Å². The first-order valence-electron chi connectivity index (χ1n) is 7.16. The Labute approximate surface area is 124 Å². The number of rotatable bonds is 5. The van der Waals surface area contributed by atoms with Crippen LogP contribution in [-0.4, -0.2) is 79.1 Å². The molecule has 8 nitrogen and oxygen atoms in total. The molecule has 1 aliphatic heterocycles. The highest BCUT2D eigenvalue weighted by atomic mass is 16.4. The Kier molecular flexibility index (Phi) is 6.93. The van der Waals surface area contributed by atoms with E-state index in [1.165, 1.54) is 4.90 Å². The van der Waals surface area contributed by atoms with Crippen LogP contribution in [-0.2, 0) is 9.59 Å². The van der Waals surface area contributed by atoms with Crippen molar-refractivity contribution in [3.63, 3.8) is 0 Å². The fourth-order valence-corrected chi connectivity index (χ4v) is 2.19. The van der Waals surface area contributed by atoms with Crippen LogP contribution in [0.5, 0.6) is 0 Å². The number of likely N-dealkylation sites (N-methyl/N-ethyl adjacent to an activating group) is 1. The number of hydrogen-bond acceptors (Lipinski definition) is 4. The molecule has 1 saturated heterocycles. The maximum atomic E-state index is 12.0. The fraction of sp³-hybridized carbons (Fsp3) is 0.769. The molecule has 0 radical (unpaired) electrons. The molecule has 1 fully saturated rings. The minimum absolute atomic E-state index is 0.144. The van der Waals surface area contributed by atoms with Crippen LogP contribution in [0, 0.1) is 5.92 Å². The summed E-state index contributed by atoms with van der Waals surface area (Å²) in [5.41, 5.74) is 0. The Morgan fingerprint density at radius 1 is 1.24 bits per heavy atom. The highest BCUT2D eigenvalue weighted by molar-refractivity contribution is 5.78. The maximum absolute atomic E-state index is 12.0. The van der Waals surface area contributed by atoms with Gasteiger partial charge in [0.1, 0.15) is 0 Å². The van der Waals surface area contributed by atoms with Crippen molar-refractivity contribution in [2.45, 2.75) is 13.3 Å². The van der Waals surface area contributed by atoms with E-state index in [2.05, 4.69) is 10.6 Å². The van der Waals surface area contributed by atoms with Gasteiger partial charge in [0, 0.05) is 39.8 Å². The molecule has 1 heterocycles. The summed E-state index contributed by atoms with van der Waals surface area (Å²) in [6.07, 6.45) is 0.824. The molecule has 0 spiro atoms. The molecular formula is C13H24N4O4. The van der Waals surface area contributed by atoms with Gasteiger partial charge in [0.2, 0.25) is 5.91 Å². The number of aliphatic carboxylic acids is 1. The number of carboxylic acids is 1. The summed E-state index contributed by atoms with van der Waals surface area (Å²) in [6, 6.07) is -0.245. The predicted molar refractivity (Wildman–Crippen MR) is 76.9 cm³/mol. The zero-order valence-corrected chi connectivity index (χ0v) is 12.6. The minimum Gasteiger partial charge on any atom is -0.481 e. The van der Waals surface area contributed by atoms with Crippen LogP contribution in [0.1, 0.15) is 13.3 Å². The minimum atomic E-state index is -0.952. The normalized spacial score (nSPS) is 19.7. The van der Waals surface area contributed by atoms with E-state index < -0.39 is 11.9 Å². The Hall–Kier alpha value is -1.83. The molecule has 1 rings (SSSR count). The van der Waals surface area contributed by atoms with Crippen LogP contribution in [0.25, 0.3) is 0 Å². The molecule has 1 atom stereocenters. The first-order valence-corrected chi connectivity index (χ1v) is 7.16. The molecule has 8 heteroatoms. The lowest BCUT2D eigenvalue weighted by Gasteiger charge is -2.22. The third-order valence-corrected chi connectivity index (χ3v) is 3.41. The molecule has 0 saturated carbocycles.